The summed E-state index contributed by atoms with van der Waals surface area (Å²) in [6.07, 6.45) is 1.67. The predicted molar refractivity (Wildman–Crippen MR) is 78.4 cm³/mol. The lowest BCUT2D eigenvalue weighted by Gasteiger charge is -2.03. The standard InChI is InChI=1S/C16H18N2O2/c1-10(2)17-8-13-9-19-16(18-13)15-7-12-6-11(3)4-5-14(12)20-15/h4-7,9-10,17H,8H2,1-3H3. The van der Waals surface area contributed by atoms with Crippen molar-refractivity contribution in [2.24, 2.45) is 0 Å². The van der Waals surface area contributed by atoms with E-state index in [-0.39, 0.29) is 0 Å². The van der Waals surface area contributed by atoms with E-state index >= 15 is 0 Å². The van der Waals surface area contributed by atoms with E-state index in [1.165, 1.54) is 5.56 Å². The lowest BCUT2D eigenvalue weighted by molar-refractivity contribution is 0.531. The number of hydrogen-bond acceptors (Lipinski definition) is 4. The van der Waals surface area contributed by atoms with E-state index in [0.717, 1.165) is 16.7 Å². The third-order valence-corrected chi connectivity index (χ3v) is 3.13. The molecule has 0 saturated heterocycles. The van der Waals surface area contributed by atoms with Crippen LogP contribution in [0, 0.1) is 6.92 Å². The van der Waals surface area contributed by atoms with Crippen LogP contribution in [-0.2, 0) is 6.54 Å². The van der Waals surface area contributed by atoms with Crippen molar-refractivity contribution in [1.29, 1.82) is 0 Å². The molecule has 3 rings (SSSR count). The molecule has 0 aliphatic rings. The van der Waals surface area contributed by atoms with Gasteiger partial charge >= 0.3 is 0 Å². The highest BCUT2D eigenvalue weighted by atomic mass is 16.4. The number of benzene rings is 1. The Kier molecular flexibility index (Phi) is 3.32. The van der Waals surface area contributed by atoms with Gasteiger partial charge in [-0.3, -0.25) is 0 Å². The Morgan fingerprint density at radius 2 is 2.10 bits per heavy atom. The number of aromatic nitrogens is 1. The number of nitrogens with one attached hydrogen (secondary N) is 1. The zero-order valence-electron chi connectivity index (χ0n) is 11.9. The monoisotopic (exact) mass is 270 g/mol. The van der Waals surface area contributed by atoms with Gasteiger partial charge in [0.2, 0.25) is 0 Å². The van der Waals surface area contributed by atoms with Gasteiger partial charge in [-0.05, 0) is 25.1 Å². The van der Waals surface area contributed by atoms with Gasteiger partial charge in [0.05, 0.1) is 5.69 Å². The largest absolute Gasteiger partial charge is 0.451 e. The van der Waals surface area contributed by atoms with Crippen LogP contribution in [0.5, 0.6) is 0 Å². The summed E-state index contributed by atoms with van der Waals surface area (Å²) in [6, 6.07) is 8.48. The number of rotatable bonds is 4. The smallest absolute Gasteiger partial charge is 0.263 e. The molecule has 1 aromatic carbocycles. The number of oxazole rings is 1. The van der Waals surface area contributed by atoms with Crippen LogP contribution in [0.3, 0.4) is 0 Å². The molecular weight excluding hydrogens is 252 g/mol. The van der Waals surface area contributed by atoms with Gasteiger partial charge in [-0.25, -0.2) is 4.98 Å². The van der Waals surface area contributed by atoms with Crippen molar-refractivity contribution in [3.63, 3.8) is 0 Å². The molecule has 3 aromatic rings. The summed E-state index contributed by atoms with van der Waals surface area (Å²) in [7, 11) is 0. The van der Waals surface area contributed by atoms with Gasteiger partial charge < -0.3 is 14.2 Å². The number of furan rings is 1. The summed E-state index contributed by atoms with van der Waals surface area (Å²) in [4.78, 5) is 4.45. The second-order valence-corrected chi connectivity index (χ2v) is 5.33. The van der Waals surface area contributed by atoms with Crippen LogP contribution in [0.1, 0.15) is 25.1 Å². The Hall–Kier alpha value is -2.07. The van der Waals surface area contributed by atoms with Crippen molar-refractivity contribution in [1.82, 2.24) is 10.3 Å². The highest BCUT2D eigenvalue weighted by Gasteiger charge is 2.12. The molecule has 2 aromatic heterocycles. The fourth-order valence-corrected chi connectivity index (χ4v) is 2.08. The van der Waals surface area contributed by atoms with Crippen molar-refractivity contribution in [3.8, 4) is 11.7 Å². The van der Waals surface area contributed by atoms with E-state index in [9.17, 15) is 0 Å². The number of fused-ring (bicyclic) bond motifs is 1. The first-order valence-corrected chi connectivity index (χ1v) is 6.80. The summed E-state index contributed by atoms with van der Waals surface area (Å²) in [5.74, 6) is 1.20. The average Bonchev–Trinajstić information content (AvgIpc) is 3.01. The van der Waals surface area contributed by atoms with Gasteiger partial charge in [-0.2, -0.15) is 0 Å². The minimum Gasteiger partial charge on any atom is -0.451 e. The van der Waals surface area contributed by atoms with E-state index in [2.05, 4.69) is 37.1 Å². The minimum atomic E-state index is 0.421. The molecule has 0 bridgehead atoms. The van der Waals surface area contributed by atoms with Crippen LogP contribution >= 0.6 is 0 Å². The Bertz CT molecular complexity index is 725. The van der Waals surface area contributed by atoms with E-state index in [0.29, 0.717) is 24.2 Å². The molecule has 0 saturated carbocycles. The summed E-state index contributed by atoms with van der Waals surface area (Å²) in [6.45, 7) is 6.96. The van der Waals surface area contributed by atoms with Crippen molar-refractivity contribution >= 4 is 11.0 Å². The Balaban J connectivity index is 1.87. The molecule has 2 heterocycles. The maximum atomic E-state index is 5.77. The zero-order valence-corrected chi connectivity index (χ0v) is 11.9. The highest BCUT2D eigenvalue weighted by molar-refractivity contribution is 5.82. The second kappa shape index (κ2) is 5.13. The molecule has 0 aliphatic carbocycles. The Labute approximate surface area is 117 Å². The SMILES string of the molecule is Cc1ccc2oc(-c3nc(CNC(C)C)co3)cc2c1. The molecule has 4 nitrogen and oxygen atoms in total. The van der Waals surface area contributed by atoms with Crippen LogP contribution in [0.4, 0.5) is 0 Å². The van der Waals surface area contributed by atoms with Crippen molar-refractivity contribution in [3.05, 3.63) is 41.8 Å². The maximum Gasteiger partial charge on any atom is 0.263 e. The minimum absolute atomic E-state index is 0.421. The van der Waals surface area contributed by atoms with Gasteiger partial charge in [-0.1, -0.05) is 25.5 Å². The van der Waals surface area contributed by atoms with Crippen molar-refractivity contribution in [2.75, 3.05) is 0 Å². The third-order valence-electron chi connectivity index (χ3n) is 3.13. The topological polar surface area (TPSA) is 51.2 Å². The molecule has 104 valence electrons. The quantitative estimate of drug-likeness (QED) is 0.781. The van der Waals surface area contributed by atoms with Crippen LogP contribution in [0.2, 0.25) is 0 Å². The van der Waals surface area contributed by atoms with E-state index in [1.54, 1.807) is 6.26 Å². The first kappa shape index (κ1) is 12.9. The third kappa shape index (κ3) is 2.60. The average molecular weight is 270 g/mol. The van der Waals surface area contributed by atoms with Crippen LogP contribution in [0.25, 0.3) is 22.6 Å². The van der Waals surface area contributed by atoms with Crippen molar-refractivity contribution in [2.45, 2.75) is 33.4 Å². The molecule has 0 aliphatic heterocycles. The molecular formula is C16H18N2O2. The summed E-state index contributed by atoms with van der Waals surface area (Å²) in [5.41, 5.74) is 2.94. The van der Waals surface area contributed by atoms with Gasteiger partial charge in [-0.15, -0.1) is 0 Å². The van der Waals surface area contributed by atoms with Gasteiger partial charge in [0.15, 0.2) is 5.76 Å². The van der Waals surface area contributed by atoms with Gasteiger partial charge in [0.25, 0.3) is 5.89 Å². The van der Waals surface area contributed by atoms with Gasteiger partial charge in [0.1, 0.15) is 11.8 Å². The fraction of sp³-hybridized carbons (Fsp3) is 0.312. The van der Waals surface area contributed by atoms with Gasteiger partial charge in [0, 0.05) is 18.0 Å². The molecule has 20 heavy (non-hydrogen) atoms. The molecule has 0 amide bonds. The maximum absolute atomic E-state index is 5.77. The molecule has 0 radical (unpaired) electrons. The summed E-state index contributed by atoms with van der Waals surface area (Å²) >= 11 is 0. The number of nitrogens with zero attached hydrogens (tertiary/aromatic N) is 1. The van der Waals surface area contributed by atoms with E-state index < -0.39 is 0 Å². The van der Waals surface area contributed by atoms with E-state index in [4.69, 9.17) is 8.83 Å². The van der Waals surface area contributed by atoms with E-state index in [1.807, 2.05) is 18.2 Å². The van der Waals surface area contributed by atoms with Crippen LogP contribution in [-0.4, -0.2) is 11.0 Å². The molecule has 1 N–H and O–H groups in total. The first-order valence-electron chi connectivity index (χ1n) is 6.80. The number of aryl methyl sites for hydroxylation is 1. The summed E-state index contributed by atoms with van der Waals surface area (Å²) in [5, 5.41) is 4.38. The van der Waals surface area contributed by atoms with Crippen LogP contribution in [0.15, 0.2) is 39.4 Å². The highest BCUT2D eigenvalue weighted by Crippen LogP contribution is 2.27. The normalized spacial score (nSPS) is 11.6. The molecule has 0 atom stereocenters. The second-order valence-electron chi connectivity index (χ2n) is 5.33. The molecule has 0 fully saturated rings. The lowest BCUT2D eigenvalue weighted by atomic mass is 10.2. The lowest BCUT2D eigenvalue weighted by Crippen LogP contribution is -2.21. The summed E-state index contributed by atoms with van der Waals surface area (Å²) < 4.78 is 11.3. The first-order chi connectivity index (χ1) is 9.61. The van der Waals surface area contributed by atoms with Crippen molar-refractivity contribution < 1.29 is 8.83 Å². The molecule has 0 unspecified atom stereocenters. The fourth-order valence-electron chi connectivity index (χ4n) is 2.08. The predicted octanol–water partition coefficient (Wildman–Crippen LogP) is 3.89. The zero-order chi connectivity index (χ0) is 14.1. The molecule has 4 heteroatoms. The Morgan fingerprint density at radius 1 is 1.25 bits per heavy atom. The molecule has 0 spiro atoms. The Morgan fingerprint density at radius 3 is 2.90 bits per heavy atom. The van der Waals surface area contributed by atoms with Crippen LogP contribution < -0.4 is 5.32 Å². The number of hydrogen-bond donors (Lipinski definition) is 1.